The minimum atomic E-state index is 0.375. The molecule has 0 saturated carbocycles. The molecule has 3 heteroatoms. The Balaban J connectivity index is 2.67. The summed E-state index contributed by atoms with van der Waals surface area (Å²) in [5.74, 6) is 4.12. The van der Waals surface area contributed by atoms with Gasteiger partial charge in [-0.25, -0.2) is 0 Å². The number of hydrogen-bond acceptors (Lipinski definition) is 3. The molecule has 1 N–H and O–H groups in total. The zero-order chi connectivity index (χ0) is 14.8. The third kappa shape index (κ3) is 5.76. The van der Waals surface area contributed by atoms with Gasteiger partial charge in [-0.1, -0.05) is 45.4 Å². The van der Waals surface area contributed by atoms with Crippen molar-refractivity contribution in [2.75, 3.05) is 25.2 Å². The predicted octanol–water partition coefficient (Wildman–Crippen LogP) is 4.52. The Morgan fingerprint density at radius 2 is 1.95 bits per heavy atom. The largest absolute Gasteiger partial charge is 0.496 e. The molecule has 0 aromatic heterocycles. The molecule has 0 radical (unpaired) electrons. The number of methoxy groups -OCH3 is 1. The summed E-state index contributed by atoms with van der Waals surface area (Å²) in [6, 6.07) is 8.73. The molecule has 0 bridgehead atoms. The second-order valence-electron chi connectivity index (χ2n) is 5.30. The van der Waals surface area contributed by atoms with Crippen LogP contribution in [0.3, 0.4) is 0 Å². The maximum absolute atomic E-state index is 5.51. The first kappa shape index (κ1) is 17.4. The van der Waals surface area contributed by atoms with Gasteiger partial charge in [0.1, 0.15) is 5.75 Å². The number of rotatable bonds is 10. The topological polar surface area (TPSA) is 21.3 Å². The standard InChI is InChI=1S/C17H29NOS/c1-5-11-18-16(13-20-12-14(3)6-2)15-9-7-8-10-17(15)19-4/h7-10,14,16,18H,5-6,11-13H2,1-4H3. The van der Waals surface area contributed by atoms with Gasteiger partial charge < -0.3 is 10.1 Å². The fourth-order valence-electron chi connectivity index (χ4n) is 2.04. The second-order valence-corrected chi connectivity index (χ2v) is 6.37. The molecule has 0 fully saturated rings. The molecule has 114 valence electrons. The first-order valence-corrected chi connectivity index (χ1v) is 8.82. The lowest BCUT2D eigenvalue weighted by Gasteiger charge is -2.21. The Hall–Kier alpha value is -0.670. The fourth-order valence-corrected chi connectivity index (χ4v) is 3.34. The molecule has 0 aliphatic heterocycles. The van der Waals surface area contributed by atoms with Crippen LogP contribution >= 0.6 is 11.8 Å². The van der Waals surface area contributed by atoms with Crippen LogP contribution in [0.15, 0.2) is 24.3 Å². The highest BCUT2D eigenvalue weighted by Gasteiger charge is 2.15. The van der Waals surface area contributed by atoms with Crippen LogP contribution in [0.1, 0.15) is 45.2 Å². The Morgan fingerprint density at radius 1 is 1.20 bits per heavy atom. The minimum absolute atomic E-state index is 0.375. The molecule has 2 atom stereocenters. The summed E-state index contributed by atoms with van der Waals surface area (Å²) in [7, 11) is 1.75. The lowest BCUT2D eigenvalue weighted by molar-refractivity contribution is 0.402. The fraction of sp³-hybridized carbons (Fsp3) is 0.647. The Kier molecular flexibility index (Phi) is 8.79. The number of nitrogens with one attached hydrogen (secondary N) is 1. The highest BCUT2D eigenvalue weighted by atomic mass is 32.2. The van der Waals surface area contributed by atoms with Gasteiger partial charge in [0, 0.05) is 17.4 Å². The summed E-state index contributed by atoms with van der Waals surface area (Å²) < 4.78 is 5.51. The predicted molar refractivity (Wildman–Crippen MR) is 90.8 cm³/mol. The van der Waals surface area contributed by atoms with Crippen LogP contribution in [0.4, 0.5) is 0 Å². The van der Waals surface area contributed by atoms with Crippen LogP contribution in [0.5, 0.6) is 5.75 Å². The van der Waals surface area contributed by atoms with Gasteiger partial charge >= 0.3 is 0 Å². The van der Waals surface area contributed by atoms with Crippen LogP contribution in [-0.4, -0.2) is 25.2 Å². The van der Waals surface area contributed by atoms with Crippen molar-refractivity contribution in [1.82, 2.24) is 5.32 Å². The van der Waals surface area contributed by atoms with E-state index in [4.69, 9.17) is 4.74 Å². The van der Waals surface area contributed by atoms with Crippen molar-refractivity contribution in [3.8, 4) is 5.75 Å². The molecular weight excluding hydrogens is 266 g/mol. The van der Waals surface area contributed by atoms with Gasteiger partial charge in [0.2, 0.25) is 0 Å². The van der Waals surface area contributed by atoms with E-state index in [1.54, 1.807) is 7.11 Å². The van der Waals surface area contributed by atoms with E-state index >= 15 is 0 Å². The zero-order valence-corrected chi connectivity index (χ0v) is 14.1. The van der Waals surface area contributed by atoms with Crippen molar-refractivity contribution in [3.05, 3.63) is 29.8 Å². The smallest absolute Gasteiger partial charge is 0.123 e. The summed E-state index contributed by atoms with van der Waals surface area (Å²) in [6.07, 6.45) is 2.41. The van der Waals surface area contributed by atoms with Crippen molar-refractivity contribution in [3.63, 3.8) is 0 Å². The molecule has 1 aromatic carbocycles. The summed E-state index contributed by atoms with van der Waals surface area (Å²) >= 11 is 2.04. The van der Waals surface area contributed by atoms with Gasteiger partial charge in [-0.2, -0.15) is 11.8 Å². The number of benzene rings is 1. The van der Waals surface area contributed by atoms with Crippen LogP contribution in [0.2, 0.25) is 0 Å². The average molecular weight is 295 g/mol. The maximum Gasteiger partial charge on any atom is 0.123 e. The summed E-state index contributed by atoms with van der Waals surface area (Å²) in [6.45, 7) is 7.84. The Bertz CT molecular complexity index is 370. The van der Waals surface area contributed by atoms with E-state index < -0.39 is 0 Å². The molecular formula is C17H29NOS. The summed E-state index contributed by atoms with van der Waals surface area (Å²) in [5, 5.41) is 3.65. The van der Waals surface area contributed by atoms with Crippen molar-refractivity contribution in [2.24, 2.45) is 5.92 Å². The monoisotopic (exact) mass is 295 g/mol. The molecule has 1 rings (SSSR count). The quantitative estimate of drug-likeness (QED) is 0.686. The van der Waals surface area contributed by atoms with E-state index in [0.29, 0.717) is 6.04 Å². The van der Waals surface area contributed by atoms with Gasteiger partial charge in [0.25, 0.3) is 0 Å². The van der Waals surface area contributed by atoms with Gasteiger partial charge in [0.05, 0.1) is 7.11 Å². The second kappa shape index (κ2) is 10.1. The third-order valence-corrected chi connectivity index (χ3v) is 4.91. The molecule has 0 amide bonds. The molecule has 0 aliphatic rings. The van der Waals surface area contributed by atoms with Crippen molar-refractivity contribution in [2.45, 2.75) is 39.7 Å². The first-order valence-electron chi connectivity index (χ1n) is 7.66. The van der Waals surface area contributed by atoms with Crippen LogP contribution < -0.4 is 10.1 Å². The Labute approximate surface area is 128 Å². The SMILES string of the molecule is CCCNC(CSCC(C)CC)c1ccccc1OC. The zero-order valence-electron chi connectivity index (χ0n) is 13.3. The highest BCUT2D eigenvalue weighted by Crippen LogP contribution is 2.28. The van der Waals surface area contributed by atoms with Crippen molar-refractivity contribution < 1.29 is 4.74 Å². The number of thioether (sulfide) groups is 1. The molecule has 0 spiro atoms. The first-order chi connectivity index (χ1) is 9.72. The van der Waals surface area contributed by atoms with E-state index in [1.165, 1.54) is 17.7 Å². The summed E-state index contributed by atoms with van der Waals surface area (Å²) in [5.41, 5.74) is 1.28. The van der Waals surface area contributed by atoms with Crippen molar-refractivity contribution >= 4 is 11.8 Å². The molecule has 0 aliphatic carbocycles. The van der Waals surface area contributed by atoms with Gasteiger partial charge in [-0.3, -0.25) is 0 Å². The highest BCUT2D eigenvalue weighted by molar-refractivity contribution is 7.99. The van der Waals surface area contributed by atoms with E-state index in [0.717, 1.165) is 30.4 Å². The van der Waals surface area contributed by atoms with Crippen LogP contribution in [0, 0.1) is 5.92 Å². The van der Waals surface area contributed by atoms with Crippen molar-refractivity contribution in [1.29, 1.82) is 0 Å². The van der Waals surface area contributed by atoms with Gasteiger partial charge in [-0.05, 0) is 30.7 Å². The van der Waals surface area contributed by atoms with Gasteiger partial charge in [0.15, 0.2) is 0 Å². The lowest BCUT2D eigenvalue weighted by Crippen LogP contribution is -2.25. The van der Waals surface area contributed by atoms with Crippen LogP contribution in [-0.2, 0) is 0 Å². The average Bonchev–Trinajstić information content (AvgIpc) is 2.50. The minimum Gasteiger partial charge on any atom is -0.496 e. The van der Waals surface area contributed by atoms with Crippen LogP contribution in [0.25, 0.3) is 0 Å². The van der Waals surface area contributed by atoms with E-state index in [-0.39, 0.29) is 0 Å². The van der Waals surface area contributed by atoms with E-state index in [1.807, 2.05) is 17.8 Å². The third-order valence-electron chi connectivity index (χ3n) is 3.54. The van der Waals surface area contributed by atoms with Gasteiger partial charge in [-0.15, -0.1) is 0 Å². The summed E-state index contributed by atoms with van der Waals surface area (Å²) in [4.78, 5) is 0. The number of hydrogen-bond donors (Lipinski definition) is 1. The maximum atomic E-state index is 5.51. The van der Waals surface area contributed by atoms with E-state index in [9.17, 15) is 0 Å². The Morgan fingerprint density at radius 3 is 2.60 bits per heavy atom. The molecule has 1 aromatic rings. The molecule has 2 unspecified atom stereocenters. The number of para-hydroxylation sites is 1. The molecule has 2 nitrogen and oxygen atoms in total. The molecule has 0 saturated heterocycles. The molecule has 0 heterocycles. The molecule has 20 heavy (non-hydrogen) atoms. The lowest BCUT2D eigenvalue weighted by atomic mass is 10.1. The van der Waals surface area contributed by atoms with E-state index in [2.05, 4.69) is 44.3 Å². The number of ether oxygens (including phenoxy) is 1. The normalized spacial score (nSPS) is 14.0.